The smallest absolute Gasteiger partial charge is 0.309 e. The number of benzene rings is 1. The fraction of sp³-hybridized carbons (Fsp3) is 0.536. The zero-order valence-corrected chi connectivity index (χ0v) is 21.9. The van der Waals surface area contributed by atoms with Crippen LogP contribution < -0.4 is 5.56 Å². The largest absolute Gasteiger partial charge is 0.460 e. The summed E-state index contributed by atoms with van der Waals surface area (Å²) in [4.78, 5) is 30.0. The van der Waals surface area contributed by atoms with Crippen molar-refractivity contribution < 1.29 is 19.4 Å². The van der Waals surface area contributed by atoms with Crippen molar-refractivity contribution in [3.8, 4) is 11.4 Å². The molecule has 1 saturated heterocycles. The molecule has 1 aromatic carbocycles. The lowest BCUT2D eigenvalue weighted by Gasteiger charge is -2.21. The summed E-state index contributed by atoms with van der Waals surface area (Å²) in [6.45, 7) is 8.95. The van der Waals surface area contributed by atoms with Crippen LogP contribution in [0.1, 0.15) is 50.8 Å². The number of ether oxygens (including phenoxy) is 2. The van der Waals surface area contributed by atoms with Crippen LogP contribution in [0.3, 0.4) is 0 Å². The molecule has 0 spiro atoms. The van der Waals surface area contributed by atoms with Gasteiger partial charge >= 0.3 is 5.97 Å². The summed E-state index contributed by atoms with van der Waals surface area (Å²) in [6, 6.07) is 7.81. The number of pyridine rings is 1. The lowest BCUT2D eigenvalue weighted by Crippen LogP contribution is -2.28. The summed E-state index contributed by atoms with van der Waals surface area (Å²) in [5.41, 5.74) is 4.25. The average Bonchev–Trinajstić information content (AvgIpc) is 3.49. The van der Waals surface area contributed by atoms with Gasteiger partial charge in [-0.1, -0.05) is 19.9 Å². The maximum Gasteiger partial charge on any atom is 0.309 e. The Kier molecular flexibility index (Phi) is 7.95. The highest BCUT2D eigenvalue weighted by Crippen LogP contribution is 2.30. The normalized spacial score (nSPS) is 17.6. The predicted octanol–water partition coefficient (Wildman–Crippen LogP) is 3.80. The molecule has 0 saturated carbocycles. The Bertz CT molecular complexity index is 1260. The summed E-state index contributed by atoms with van der Waals surface area (Å²) in [7, 11) is 1.73. The molecule has 1 fully saturated rings. The van der Waals surface area contributed by atoms with Crippen molar-refractivity contribution in [3.63, 3.8) is 0 Å². The lowest BCUT2D eigenvalue weighted by molar-refractivity contribution is -0.155. The van der Waals surface area contributed by atoms with Gasteiger partial charge in [-0.25, -0.2) is 4.98 Å². The minimum absolute atomic E-state index is 0.0326. The zero-order chi connectivity index (χ0) is 26.0. The third-order valence-electron chi connectivity index (χ3n) is 7.10. The number of fused-ring (bicyclic) bond motifs is 1. The van der Waals surface area contributed by atoms with E-state index in [2.05, 4.69) is 26.0 Å². The Labute approximate surface area is 211 Å². The van der Waals surface area contributed by atoms with E-state index in [1.165, 1.54) is 0 Å². The third kappa shape index (κ3) is 5.39. The third-order valence-corrected chi connectivity index (χ3v) is 7.10. The monoisotopic (exact) mass is 495 g/mol. The number of aryl methyl sites for hydroxylation is 3. The molecule has 1 N–H and O–H groups in total. The van der Waals surface area contributed by atoms with Crippen LogP contribution in [0.4, 0.5) is 0 Å². The molecule has 8 heteroatoms. The molecule has 3 heterocycles. The molecule has 2 aromatic heterocycles. The summed E-state index contributed by atoms with van der Waals surface area (Å²) in [5, 5.41) is 9.94. The van der Waals surface area contributed by atoms with Gasteiger partial charge < -0.3 is 23.7 Å². The number of hydrogen-bond acceptors (Lipinski definition) is 6. The number of nitrogens with zero attached hydrogens (tertiary/aromatic N) is 3. The van der Waals surface area contributed by atoms with Gasteiger partial charge in [0.2, 0.25) is 0 Å². The molecule has 0 radical (unpaired) electrons. The van der Waals surface area contributed by atoms with Gasteiger partial charge in [0.25, 0.3) is 5.56 Å². The first-order chi connectivity index (χ1) is 17.2. The van der Waals surface area contributed by atoms with Crippen molar-refractivity contribution in [2.24, 2.45) is 18.9 Å². The van der Waals surface area contributed by atoms with Gasteiger partial charge in [-0.15, -0.1) is 0 Å². The van der Waals surface area contributed by atoms with E-state index < -0.39 is 0 Å². The van der Waals surface area contributed by atoms with Crippen LogP contribution in [-0.2, 0) is 27.7 Å². The minimum atomic E-state index is -0.187. The van der Waals surface area contributed by atoms with Crippen LogP contribution in [0, 0.1) is 18.8 Å². The van der Waals surface area contributed by atoms with Crippen molar-refractivity contribution in [2.45, 2.75) is 59.1 Å². The van der Waals surface area contributed by atoms with E-state index in [1.807, 2.05) is 23.6 Å². The van der Waals surface area contributed by atoms with Crippen LogP contribution in [-0.4, -0.2) is 51.1 Å². The molecule has 0 bridgehead atoms. The van der Waals surface area contributed by atoms with Crippen LogP contribution in [0.2, 0.25) is 0 Å². The van der Waals surface area contributed by atoms with Crippen molar-refractivity contribution in [2.75, 3.05) is 19.8 Å². The summed E-state index contributed by atoms with van der Waals surface area (Å²) < 4.78 is 14.6. The van der Waals surface area contributed by atoms with E-state index in [-0.39, 0.29) is 42.1 Å². The van der Waals surface area contributed by atoms with Gasteiger partial charge in [0.15, 0.2) is 0 Å². The van der Waals surface area contributed by atoms with Crippen LogP contribution >= 0.6 is 0 Å². The number of aromatic nitrogens is 3. The second-order valence-electron chi connectivity index (χ2n) is 10.3. The fourth-order valence-electron chi connectivity index (χ4n) is 4.93. The van der Waals surface area contributed by atoms with Gasteiger partial charge in [-0.3, -0.25) is 9.59 Å². The number of esters is 1. The maximum atomic E-state index is 12.8. The van der Waals surface area contributed by atoms with E-state index in [1.54, 1.807) is 24.7 Å². The molecule has 0 unspecified atom stereocenters. The first-order valence-corrected chi connectivity index (χ1v) is 12.8. The van der Waals surface area contributed by atoms with Crippen molar-refractivity contribution >= 4 is 17.0 Å². The number of imidazole rings is 1. The maximum absolute atomic E-state index is 12.8. The molecular weight excluding hydrogens is 458 g/mol. The molecule has 1 aliphatic heterocycles. The van der Waals surface area contributed by atoms with E-state index in [0.717, 1.165) is 35.0 Å². The summed E-state index contributed by atoms with van der Waals surface area (Å²) in [6.07, 6.45) is 3.83. The van der Waals surface area contributed by atoms with Crippen LogP contribution in [0.5, 0.6) is 0 Å². The summed E-state index contributed by atoms with van der Waals surface area (Å²) >= 11 is 0. The van der Waals surface area contributed by atoms with Crippen LogP contribution in [0.15, 0.2) is 35.3 Å². The molecule has 3 aromatic rings. The molecule has 4 rings (SSSR count). The topological polar surface area (TPSA) is 95.6 Å². The minimum Gasteiger partial charge on any atom is -0.460 e. The van der Waals surface area contributed by atoms with Gasteiger partial charge in [-0.05, 0) is 56.4 Å². The number of aliphatic hydroxyl groups is 1. The highest BCUT2D eigenvalue weighted by Gasteiger charge is 2.28. The molecule has 0 aliphatic carbocycles. The average molecular weight is 496 g/mol. The molecule has 194 valence electrons. The highest BCUT2D eigenvalue weighted by molar-refractivity contribution is 5.81. The van der Waals surface area contributed by atoms with E-state index in [0.29, 0.717) is 31.0 Å². The Balaban J connectivity index is 1.61. The van der Waals surface area contributed by atoms with Crippen molar-refractivity contribution in [1.82, 2.24) is 14.1 Å². The van der Waals surface area contributed by atoms with Gasteiger partial charge in [0.1, 0.15) is 11.9 Å². The quantitative estimate of drug-likeness (QED) is 0.454. The standard InChI is InChI=1S/C28H37N3O5/c1-17(2)23(28(34)36-22-10-11-35-16-22)8-6-20-7-9-25-24(13-20)29-26(31(25)19(4)15-32)21-12-18(3)27(33)30(5)14-21/h7,9,12-14,17,19,22-23,32H,6,8,10-11,15-16H2,1-5H3/t19-,22-,23-/m0/s1. The van der Waals surface area contributed by atoms with Crippen molar-refractivity contribution in [1.29, 1.82) is 0 Å². The first-order valence-electron chi connectivity index (χ1n) is 12.8. The Morgan fingerprint density at radius 2 is 2.06 bits per heavy atom. The molecule has 3 atom stereocenters. The van der Waals surface area contributed by atoms with Gasteiger partial charge in [0, 0.05) is 30.8 Å². The number of carbonyl (C=O) groups excluding carboxylic acids is 1. The second-order valence-corrected chi connectivity index (χ2v) is 10.3. The number of aliphatic hydroxyl groups excluding tert-OH is 1. The number of rotatable bonds is 9. The molecule has 36 heavy (non-hydrogen) atoms. The highest BCUT2D eigenvalue weighted by atomic mass is 16.6. The SMILES string of the molecule is Cc1cc(-c2nc3cc(CC[C@H](C(=O)O[C@H]4CCOC4)C(C)C)ccc3n2[C@@H](C)CO)cn(C)c1=O. The van der Waals surface area contributed by atoms with E-state index >= 15 is 0 Å². The Morgan fingerprint density at radius 1 is 1.28 bits per heavy atom. The summed E-state index contributed by atoms with van der Waals surface area (Å²) in [5.74, 6) is 0.560. The Morgan fingerprint density at radius 3 is 2.69 bits per heavy atom. The molecular formula is C28H37N3O5. The van der Waals surface area contributed by atoms with E-state index in [9.17, 15) is 14.7 Å². The molecule has 1 aliphatic rings. The van der Waals surface area contributed by atoms with Gasteiger partial charge in [0.05, 0.1) is 42.8 Å². The molecule has 0 amide bonds. The van der Waals surface area contributed by atoms with Crippen molar-refractivity contribution in [3.05, 3.63) is 51.9 Å². The first kappa shape index (κ1) is 26.1. The lowest BCUT2D eigenvalue weighted by atomic mass is 9.89. The number of hydrogen-bond donors (Lipinski definition) is 1. The van der Waals surface area contributed by atoms with Gasteiger partial charge in [-0.2, -0.15) is 0 Å². The fourth-order valence-corrected chi connectivity index (χ4v) is 4.93. The molecule has 8 nitrogen and oxygen atoms in total. The predicted molar refractivity (Wildman–Crippen MR) is 139 cm³/mol. The number of carbonyl (C=O) groups is 1. The second kappa shape index (κ2) is 11.0. The van der Waals surface area contributed by atoms with Crippen LogP contribution in [0.25, 0.3) is 22.4 Å². The Hall–Kier alpha value is -2.97. The van der Waals surface area contributed by atoms with E-state index in [4.69, 9.17) is 14.5 Å². The zero-order valence-electron chi connectivity index (χ0n) is 21.9.